The lowest BCUT2D eigenvalue weighted by Gasteiger charge is -1.99. The minimum atomic E-state index is -0.391. The van der Waals surface area contributed by atoms with Gasteiger partial charge in [-0.1, -0.05) is 30.3 Å². The molecule has 0 saturated heterocycles. The Bertz CT molecular complexity index is 726. The minimum absolute atomic E-state index is 0.391. The van der Waals surface area contributed by atoms with Crippen LogP contribution in [-0.2, 0) is 7.05 Å². The standard InChI is InChI=1S/C13H10N2O2/c1-15-12-11(17-13(15)16)7-10(8-14-12)9-5-3-2-4-6-9/h2-8H,1H3. The minimum Gasteiger partial charge on any atom is -0.406 e. The quantitative estimate of drug-likeness (QED) is 0.639. The second kappa shape index (κ2) is 3.59. The van der Waals surface area contributed by atoms with Gasteiger partial charge in [0.05, 0.1) is 0 Å². The first-order valence-electron chi connectivity index (χ1n) is 5.27. The number of nitrogens with zero attached hydrogens (tertiary/aromatic N) is 2. The molecule has 0 aliphatic rings. The normalized spacial score (nSPS) is 10.9. The molecule has 4 nitrogen and oxygen atoms in total. The fraction of sp³-hybridized carbons (Fsp3) is 0.0769. The third kappa shape index (κ3) is 1.54. The zero-order chi connectivity index (χ0) is 11.8. The summed E-state index contributed by atoms with van der Waals surface area (Å²) in [4.78, 5) is 15.6. The largest absolute Gasteiger partial charge is 0.420 e. The molecule has 4 heteroatoms. The second-order valence-electron chi connectivity index (χ2n) is 3.84. The van der Waals surface area contributed by atoms with Crippen LogP contribution in [0.1, 0.15) is 0 Å². The van der Waals surface area contributed by atoms with Crippen LogP contribution in [0.2, 0.25) is 0 Å². The van der Waals surface area contributed by atoms with E-state index >= 15 is 0 Å². The van der Waals surface area contributed by atoms with Gasteiger partial charge in [-0.05, 0) is 11.6 Å². The first-order chi connectivity index (χ1) is 8.25. The summed E-state index contributed by atoms with van der Waals surface area (Å²) in [6.45, 7) is 0. The number of hydrogen-bond donors (Lipinski definition) is 0. The van der Waals surface area contributed by atoms with Gasteiger partial charge in [-0.2, -0.15) is 0 Å². The van der Waals surface area contributed by atoms with E-state index in [1.807, 2.05) is 36.4 Å². The van der Waals surface area contributed by atoms with Crippen LogP contribution >= 0.6 is 0 Å². The fourth-order valence-electron chi connectivity index (χ4n) is 1.80. The lowest BCUT2D eigenvalue weighted by atomic mass is 10.1. The Morgan fingerprint density at radius 3 is 2.71 bits per heavy atom. The van der Waals surface area contributed by atoms with E-state index in [-0.39, 0.29) is 0 Å². The lowest BCUT2D eigenvalue weighted by molar-refractivity contribution is 0.528. The molecule has 2 heterocycles. The number of fused-ring (bicyclic) bond motifs is 1. The maximum Gasteiger partial charge on any atom is 0.420 e. The Morgan fingerprint density at radius 2 is 1.94 bits per heavy atom. The van der Waals surface area contributed by atoms with E-state index in [1.165, 1.54) is 4.57 Å². The van der Waals surface area contributed by atoms with Gasteiger partial charge in [0, 0.05) is 18.8 Å². The van der Waals surface area contributed by atoms with Crippen LogP contribution in [0, 0.1) is 0 Å². The fourth-order valence-corrected chi connectivity index (χ4v) is 1.80. The monoisotopic (exact) mass is 226 g/mol. The van der Waals surface area contributed by atoms with Crippen LogP contribution in [0.5, 0.6) is 0 Å². The molecule has 0 aliphatic heterocycles. The van der Waals surface area contributed by atoms with Crippen molar-refractivity contribution in [1.29, 1.82) is 0 Å². The summed E-state index contributed by atoms with van der Waals surface area (Å²) in [5, 5.41) is 0. The average molecular weight is 226 g/mol. The maximum absolute atomic E-state index is 11.3. The number of hydrogen-bond acceptors (Lipinski definition) is 3. The summed E-state index contributed by atoms with van der Waals surface area (Å²) in [5.74, 6) is -0.391. The molecule has 2 aromatic heterocycles. The number of rotatable bonds is 1. The first-order valence-corrected chi connectivity index (χ1v) is 5.27. The number of oxazole rings is 1. The van der Waals surface area contributed by atoms with E-state index in [2.05, 4.69) is 4.98 Å². The van der Waals surface area contributed by atoms with Crippen molar-refractivity contribution < 1.29 is 4.42 Å². The van der Waals surface area contributed by atoms with Crippen molar-refractivity contribution in [2.75, 3.05) is 0 Å². The van der Waals surface area contributed by atoms with E-state index in [0.29, 0.717) is 11.2 Å². The van der Waals surface area contributed by atoms with Crippen LogP contribution in [-0.4, -0.2) is 9.55 Å². The van der Waals surface area contributed by atoms with Crippen molar-refractivity contribution >= 4 is 11.2 Å². The highest BCUT2D eigenvalue weighted by Crippen LogP contribution is 2.21. The van der Waals surface area contributed by atoms with Gasteiger partial charge in [0.25, 0.3) is 0 Å². The molecular formula is C13H10N2O2. The van der Waals surface area contributed by atoms with Crippen molar-refractivity contribution in [2.24, 2.45) is 7.05 Å². The summed E-state index contributed by atoms with van der Waals surface area (Å²) in [6.07, 6.45) is 1.74. The Hall–Kier alpha value is -2.36. The van der Waals surface area contributed by atoms with E-state index in [9.17, 15) is 4.79 Å². The predicted molar refractivity (Wildman–Crippen MR) is 64.7 cm³/mol. The van der Waals surface area contributed by atoms with Gasteiger partial charge >= 0.3 is 5.76 Å². The highest BCUT2D eigenvalue weighted by molar-refractivity contribution is 5.76. The maximum atomic E-state index is 11.3. The van der Waals surface area contributed by atoms with Crippen molar-refractivity contribution in [3.63, 3.8) is 0 Å². The van der Waals surface area contributed by atoms with Gasteiger partial charge in [0.15, 0.2) is 11.2 Å². The van der Waals surface area contributed by atoms with Crippen molar-refractivity contribution in [1.82, 2.24) is 9.55 Å². The molecule has 1 aromatic carbocycles. The molecule has 84 valence electrons. The predicted octanol–water partition coefficient (Wildman–Crippen LogP) is 2.19. The zero-order valence-electron chi connectivity index (χ0n) is 9.25. The van der Waals surface area contributed by atoms with Crippen LogP contribution in [0.25, 0.3) is 22.4 Å². The Balaban J connectivity index is 2.24. The van der Waals surface area contributed by atoms with Crippen molar-refractivity contribution in [3.05, 3.63) is 53.1 Å². The molecule has 0 aliphatic carbocycles. The van der Waals surface area contributed by atoms with E-state index in [0.717, 1.165) is 11.1 Å². The molecule has 0 N–H and O–H groups in total. The highest BCUT2D eigenvalue weighted by Gasteiger charge is 2.08. The topological polar surface area (TPSA) is 48.0 Å². The molecule has 0 radical (unpaired) electrons. The third-order valence-electron chi connectivity index (χ3n) is 2.73. The smallest absolute Gasteiger partial charge is 0.406 e. The Morgan fingerprint density at radius 1 is 1.18 bits per heavy atom. The van der Waals surface area contributed by atoms with E-state index < -0.39 is 5.76 Å². The molecule has 0 saturated carbocycles. The summed E-state index contributed by atoms with van der Waals surface area (Å²) in [7, 11) is 1.64. The molecule has 3 rings (SSSR count). The van der Waals surface area contributed by atoms with E-state index in [1.54, 1.807) is 13.2 Å². The zero-order valence-corrected chi connectivity index (χ0v) is 9.25. The Labute approximate surface area is 97.1 Å². The number of aryl methyl sites for hydroxylation is 1. The van der Waals surface area contributed by atoms with Crippen molar-refractivity contribution in [3.8, 4) is 11.1 Å². The van der Waals surface area contributed by atoms with Gasteiger partial charge in [0.1, 0.15) is 0 Å². The Kier molecular flexibility index (Phi) is 2.08. The molecule has 17 heavy (non-hydrogen) atoms. The molecule has 0 spiro atoms. The van der Waals surface area contributed by atoms with E-state index in [4.69, 9.17) is 4.42 Å². The van der Waals surface area contributed by atoms with Gasteiger partial charge in [0.2, 0.25) is 0 Å². The van der Waals surface area contributed by atoms with Crippen LogP contribution < -0.4 is 5.76 Å². The first kappa shape index (κ1) is 9.84. The summed E-state index contributed by atoms with van der Waals surface area (Å²) < 4.78 is 6.50. The van der Waals surface area contributed by atoms with Crippen molar-refractivity contribution in [2.45, 2.75) is 0 Å². The van der Waals surface area contributed by atoms with Gasteiger partial charge in [-0.3, -0.25) is 4.57 Å². The molecule has 0 atom stereocenters. The molecular weight excluding hydrogens is 216 g/mol. The van der Waals surface area contributed by atoms with Gasteiger partial charge in [-0.25, -0.2) is 9.78 Å². The van der Waals surface area contributed by atoms with Gasteiger partial charge in [-0.15, -0.1) is 0 Å². The van der Waals surface area contributed by atoms with Crippen LogP contribution in [0.4, 0.5) is 0 Å². The summed E-state index contributed by atoms with van der Waals surface area (Å²) >= 11 is 0. The molecule has 0 bridgehead atoms. The number of pyridine rings is 1. The summed E-state index contributed by atoms with van der Waals surface area (Å²) in [5.41, 5.74) is 3.06. The SMILES string of the molecule is Cn1c(=O)oc2cc(-c3ccccc3)cnc21. The lowest BCUT2D eigenvalue weighted by Crippen LogP contribution is -2.08. The van der Waals surface area contributed by atoms with Gasteiger partial charge < -0.3 is 4.42 Å². The average Bonchev–Trinajstić information content (AvgIpc) is 2.66. The highest BCUT2D eigenvalue weighted by atomic mass is 16.4. The molecule has 0 unspecified atom stereocenters. The molecule has 3 aromatic rings. The third-order valence-corrected chi connectivity index (χ3v) is 2.73. The molecule has 0 fully saturated rings. The number of aromatic nitrogens is 2. The molecule has 0 amide bonds. The van der Waals surface area contributed by atoms with Crippen LogP contribution in [0.3, 0.4) is 0 Å². The van der Waals surface area contributed by atoms with Crippen LogP contribution in [0.15, 0.2) is 51.8 Å². The second-order valence-corrected chi connectivity index (χ2v) is 3.84. The summed E-state index contributed by atoms with van der Waals surface area (Å²) in [6, 6.07) is 11.7. The number of benzene rings is 1.